The molecule has 0 atom stereocenters. The van der Waals surface area contributed by atoms with Crippen molar-refractivity contribution in [1.29, 1.82) is 0 Å². The number of nitrogens with one attached hydrogen (secondary N) is 2. The fourth-order valence-electron chi connectivity index (χ4n) is 2.70. The molecule has 2 heterocycles. The molecule has 2 rings (SSSR count). The number of carbonyl (C=O) groups excluding carboxylic acids is 2. The summed E-state index contributed by atoms with van der Waals surface area (Å²) in [6.45, 7) is 0. The SMILES string of the molecule is O=C(CCCCCCCCCCC(=O)c1ncc[nH]1)c1ncc[nH]1. The molecule has 0 saturated carbocycles. The van der Waals surface area contributed by atoms with E-state index in [0.717, 1.165) is 38.5 Å². The fraction of sp³-hybridized carbons (Fsp3) is 0.556. The first kappa shape index (κ1) is 18.1. The van der Waals surface area contributed by atoms with Crippen molar-refractivity contribution >= 4 is 11.6 Å². The molecule has 2 aromatic heterocycles. The molecule has 0 bridgehead atoms. The third kappa shape index (κ3) is 6.48. The van der Waals surface area contributed by atoms with Crippen LogP contribution < -0.4 is 0 Å². The molecule has 24 heavy (non-hydrogen) atoms. The highest BCUT2D eigenvalue weighted by Gasteiger charge is 2.08. The van der Waals surface area contributed by atoms with Crippen molar-refractivity contribution in [3.63, 3.8) is 0 Å². The Bertz CT molecular complexity index is 536. The van der Waals surface area contributed by atoms with Crippen LogP contribution in [0, 0.1) is 0 Å². The Labute approximate surface area is 142 Å². The molecule has 2 aromatic rings. The largest absolute Gasteiger partial charge is 0.342 e. The number of carbonyl (C=O) groups is 2. The monoisotopic (exact) mass is 330 g/mol. The van der Waals surface area contributed by atoms with Crippen LogP contribution in [0.15, 0.2) is 24.8 Å². The summed E-state index contributed by atoms with van der Waals surface area (Å²) in [6.07, 6.45) is 16.5. The van der Waals surface area contributed by atoms with Gasteiger partial charge in [-0.1, -0.05) is 38.5 Å². The number of aromatic amines is 2. The van der Waals surface area contributed by atoms with E-state index in [0.29, 0.717) is 24.5 Å². The summed E-state index contributed by atoms with van der Waals surface area (Å²) in [4.78, 5) is 37.1. The number of hydrogen-bond donors (Lipinski definition) is 2. The van der Waals surface area contributed by atoms with Crippen LogP contribution in [-0.4, -0.2) is 31.5 Å². The average molecular weight is 330 g/mol. The van der Waals surface area contributed by atoms with E-state index in [1.807, 2.05) is 0 Å². The van der Waals surface area contributed by atoms with E-state index in [1.165, 1.54) is 12.8 Å². The molecular weight excluding hydrogens is 304 g/mol. The average Bonchev–Trinajstić information content (AvgIpc) is 3.29. The third-order valence-electron chi connectivity index (χ3n) is 4.08. The maximum absolute atomic E-state index is 11.7. The maximum Gasteiger partial charge on any atom is 0.198 e. The van der Waals surface area contributed by atoms with Gasteiger partial charge in [0.25, 0.3) is 0 Å². The van der Waals surface area contributed by atoms with Crippen molar-refractivity contribution in [2.45, 2.75) is 64.2 Å². The molecule has 0 aliphatic carbocycles. The zero-order valence-electron chi connectivity index (χ0n) is 14.1. The van der Waals surface area contributed by atoms with Crippen molar-refractivity contribution < 1.29 is 9.59 Å². The first-order valence-electron chi connectivity index (χ1n) is 8.82. The second-order valence-corrected chi connectivity index (χ2v) is 6.05. The lowest BCUT2D eigenvalue weighted by Gasteiger charge is -2.02. The number of rotatable bonds is 13. The Morgan fingerprint density at radius 1 is 0.667 bits per heavy atom. The molecular formula is C18H26N4O2. The number of hydrogen-bond acceptors (Lipinski definition) is 4. The highest BCUT2D eigenvalue weighted by molar-refractivity contribution is 5.92. The molecule has 0 radical (unpaired) electrons. The van der Waals surface area contributed by atoms with Crippen molar-refractivity contribution in [2.75, 3.05) is 0 Å². The second kappa shape index (κ2) is 10.5. The first-order chi connectivity index (χ1) is 11.8. The van der Waals surface area contributed by atoms with Gasteiger partial charge >= 0.3 is 0 Å². The zero-order valence-corrected chi connectivity index (χ0v) is 14.1. The van der Waals surface area contributed by atoms with Gasteiger partial charge in [0.1, 0.15) is 0 Å². The molecule has 0 amide bonds. The highest BCUT2D eigenvalue weighted by Crippen LogP contribution is 2.12. The standard InChI is InChI=1S/C18H26N4O2/c23-15(17-19-11-12-20-17)9-7-5-3-1-2-4-6-8-10-16(24)18-21-13-14-22-18/h11-14H,1-10H2,(H,19,20)(H,21,22). The van der Waals surface area contributed by atoms with Crippen molar-refractivity contribution in [1.82, 2.24) is 19.9 Å². The van der Waals surface area contributed by atoms with Crippen LogP contribution in [0.4, 0.5) is 0 Å². The molecule has 0 unspecified atom stereocenters. The normalized spacial score (nSPS) is 10.8. The van der Waals surface area contributed by atoms with E-state index in [4.69, 9.17) is 0 Å². The fourth-order valence-corrected chi connectivity index (χ4v) is 2.70. The quantitative estimate of drug-likeness (QED) is 0.427. The van der Waals surface area contributed by atoms with E-state index in [-0.39, 0.29) is 11.6 Å². The molecule has 0 aliphatic heterocycles. The molecule has 0 saturated heterocycles. The predicted octanol–water partition coefficient (Wildman–Crippen LogP) is 4.10. The number of nitrogens with zero attached hydrogens (tertiary/aromatic N) is 2. The topological polar surface area (TPSA) is 91.5 Å². The van der Waals surface area contributed by atoms with Crippen LogP contribution in [0.1, 0.15) is 85.4 Å². The van der Waals surface area contributed by atoms with Gasteiger partial charge in [0, 0.05) is 37.6 Å². The van der Waals surface area contributed by atoms with Gasteiger partial charge in [-0.15, -0.1) is 0 Å². The van der Waals surface area contributed by atoms with Crippen LogP contribution in [0.2, 0.25) is 0 Å². The third-order valence-corrected chi connectivity index (χ3v) is 4.08. The van der Waals surface area contributed by atoms with Gasteiger partial charge in [0.2, 0.25) is 0 Å². The predicted molar refractivity (Wildman–Crippen MR) is 92.0 cm³/mol. The number of H-pyrrole nitrogens is 2. The molecule has 6 heteroatoms. The van der Waals surface area contributed by atoms with Gasteiger partial charge in [-0.3, -0.25) is 9.59 Å². The minimum absolute atomic E-state index is 0.0984. The van der Waals surface area contributed by atoms with Crippen LogP contribution in [0.25, 0.3) is 0 Å². The second-order valence-electron chi connectivity index (χ2n) is 6.05. The van der Waals surface area contributed by atoms with E-state index in [9.17, 15) is 9.59 Å². The summed E-state index contributed by atoms with van der Waals surface area (Å²) < 4.78 is 0. The maximum atomic E-state index is 11.7. The summed E-state index contributed by atoms with van der Waals surface area (Å²) in [5.41, 5.74) is 0. The lowest BCUT2D eigenvalue weighted by molar-refractivity contribution is 0.0962. The lowest BCUT2D eigenvalue weighted by Crippen LogP contribution is -2.01. The minimum atomic E-state index is 0.0984. The summed E-state index contributed by atoms with van der Waals surface area (Å²) >= 11 is 0. The number of unbranched alkanes of at least 4 members (excludes halogenated alkanes) is 7. The summed E-state index contributed by atoms with van der Waals surface area (Å²) in [6, 6.07) is 0. The minimum Gasteiger partial charge on any atom is -0.342 e. The first-order valence-corrected chi connectivity index (χ1v) is 8.82. The Morgan fingerprint density at radius 3 is 1.38 bits per heavy atom. The summed E-state index contributed by atoms with van der Waals surface area (Å²) in [7, 11) is 0. The van der Waals surface area contributed by atoms with Crippen molar-refractivity contribution in [3.8, 4) is 0 Å². The van der Waals surface area contributed by atoms with Crippen LogP contribution in [0.5, 0.6) is 0 Å². The van der Waals surface area contributed by atoms with Gasteiger partial charge in [0.05, 0.1) is 0 Å². The van der Waals surface area contributed by atoms with E-state index in [1.54, 1.807) is 24.8 Å². The van der Waals surface area contributed by atoms with E-state index < -0.39 is 0 Å². The van der Waals surface area contributed by atoms with Crippen molar-refractivity contribution in [2.24, 2.45) is 0 Å². The molecule has 0 fully saturated rings. The molecule has 0 aromatic carbocycles. The lowest BCUT2D eigenvalue weighted by atomic mass is 10.0. The van der Waals surface area contributed by atoms with Gasteiger partial charge in [-0.2, -0.15) is 0 Å². The molecule has 130 valence electrons. The smallest absolute Gasteiger partial charge is 0.198 e. The van der Waals surface area contributed by atoms with Gasteiger partial charge in [-0.25, -0.2) is 9.97 Å². The molecule has 0 spiro atoms. The number of aromatic nitrogens is 4. The van der Waals surface area contributed by atoms with Crippen LogP contribution in [-0.2, 0) is 0 Å². The van der Waals surface area contributed by atoms with Gasteiger partial charge < -0.3 is 9.97 Å². The molecule has 2 N–H and O–H groups in total. The number of imidazole rings is 2. The van der Waals surface area contributed by atoms with Crippen LogP contribution in [0.3, 0.4) is 0 Å². The van der Waals surface area contributed by atoms with Gasteiger partial charge in [0.15, 0.2) is 23.2 Å². The Hall–Kier alpha value is -2.24. The van der Waals surface area contributed by atoms with E-state index in [2.05, 4.69) is 19.9 Å². The Morgan fingerprint density at radius 2 is 1.04 bits per heavy atom. The number of Topliss-reactive ketones (excluding diaryl/α,β-unsaturated/α-hetero) is 2. The Kier molecular flexibility index (Phi) is 7.93. The van der Waals surface area contributed by atoms with E-state index >= 15 is 0 Å². The zero-order chi connectivity index (χ0) is 17.0. The van der Waals surface area contributed by atoms with Crippen molar-refractivity contribution in [3.05, 3.63) is 36.4 Å². The summed E-state index contributed by atoms with van der Waals surface area (Å²) in [5, 5.41) is 0. The van der Waals surface area contributed by atoms with Gasteiger partial charge in [-0.05, 0) is 12.8 Å². The van der Waals surface area contributed by atoms with Crippen LogP contribution >= 0.6 is 0 Å². The molecule has 6 nitrogen and oxygen atoms in total. The molecule has 0 aliphatic rings. The highest BCUT2D eigenvalue weighted by atomic mass is 16.1. The Balaban J connectivity index is 1.38. The summed E-state index contributed by atoms with van der Waals surface area (Å²) in [5.74, 6) is 1.14. The number of ketones is 2.